The van der Waals surface area contributed by atoms with Crippen molar-refractivity contribution in [3.05, 3.63) is 16.7 Å². The summed E-state index contributed by atoms with van der Waals surface area (Å²) in [6, 6.07) is 0. The van der Waals surface area contributed by atoms with Crippen molar-refractivity contribution in [2.45, 2.75) is 53.1 Å². The second kappa shape index (κ2) is 9.47. The number of nitrogens with two attached hydrogens (primary N) is 2. The Morgan fingerprint density at radius 3 is 2.64 bits per heavy atom. The van der Waals surface area contributed by atoms with E-state index >= 15 is 8.78 Å². The SMILES string of the molecule is Nc1nc2c(nnn2[C@@H]2S[C@H](CO)[C@H](F)[C@H]2OP(=O)(S)OC2[C@H]3O[C@@H](n4nnc5c(N)ncnc54)[C@@H](F)[C@@]23O)c(=O)[nH]1. The Kier molecular flexibility index (Phi) is 6.26. The third-order valence-corrected chi connectivity index (χ3v) is 10.2. The van der Waals surface area contributed by atoms with Crippen molar-refractivity contribution in [3.8, 4) is 0 Å². The summed E-state index contributed by atoms with van der Waals surface area (Å²) in [4.78, 5) is 26.2. The van der Waals surface area contributed by atoms with E-state index in [9.17, 15) is 19.6 Å². The van der Waals surface area contributed by atoms with E-state index in [-0.39, 0.29) is 34.1 Å². The van der Waals surface area contributed by atoms with Crippen LogP contribution < -0.4 is 17.0 Å². The summed E-state index contributed by atoms with van der Waals surface area (Å²) >= 11 is 4.77. The summed E-state index contributed by atoms with van der Waals surface area (Å²) in [6.45, 7) is -5.21. The highest BCUT2D eigenvalue weighted by Crippen LogP contribution is 2.66. The summed E-state index contributed by atoms with van der Waals surface area (Å²) < 4.78 is 62.7. The van der Waals surface area contributed by atoms with E-state index in [1.807, 2.05) is 0 Å². The van der Waals surface area contributed by atoms with E-state index < -0.39 is 72.1 Å². The van der Waals surface area contributed by atoms with Crippen LogP contribution in [0.4, 0.5) is 20.5 Å². The van der Waals surface area contributed by atoms with Gasteiger partial charge < -0.3 is 26.4 Å². The molecule has 6 heterocycles. The molecule has 0 amide bonds. The fourth-order valence-electron chi connectivity index (χ4n) is 5.05. The standard InChI is InChI=1S/C18H19F2N12O7PS2/c19-4-3(1-33)42-16(32-13-6(28-30-32)14(34)26-17(22)25-13)7(4)38-40(36,41)39-10-9-18(10,35)8(20)15(37-9)31-12-5(27-29-31)11(21)23-2-24-12/h2-4,7-10,15-16,33,35H,1H2,(H,36,41)(H2,21,23,24)(H3,22,25,26,34)/t3-,4+,7-,8-,9-,10?,15-,16-,18+,40?/m1/s1. The Labute approximate surface area is 240 Å². The molecule has 24 heteroatoms. The number of alkyl halides is 2. The molecule has 0 radical (unpaired) electrons. The number of thioether (sulfide) groups is 1. The Balaban J connectivity index is 1.11. The molecule has 0 spiro atoms. The number of fused-ring (bicyclic) bond motifs is 3. The smallest absolute Gasteiger partial charge is 0.387 e. The molecule has 19 nitrogen and oxygen atoms in total. The number of aromatic amines is 1. The summed E-state index contributed by atoms with van der Waals surface area (Å²) in [5.74, 6) is -0.265. The maximum absolute atomic E-state index is 15.5. The highest BCUT2D eigenvalue weighted by Gasteiger charge is 2.80. The molecule has 4 aromatic heterocycles. The van der Waals surface area contributed by atoms with E-state index in [2.05, 4.69) is 52.8 Å². The quantitative estimate of drug-likeness (QED) is 0.0998. The molecule has 7 rings (SSSR count). The lowest BCUT2D eigenvalue weighted by Gasteiger charge is -2.25. The molecule has 2 aliphatic heterocycles. The molecule has 2 unspecified atom stereocenters. The van der Waals surface area contributed by atoms with Crippen LogP contribution in [0, 0.1) is 0 Å². The van der Waals surface area contributed by atoms with E-state index in [1.54, 1.807) is 0 Å². The van der Waals surface area contributed by atoms with Gasteiger partial charge in [0.25, 0.3) is 5.56 Å². The van der Waals surface area contributed by atoms with E-state index in [0.717, 1.165) is 27.5 Å². The van der Waals surface area contributed by atoms with Gasteiger partial charge in [-0.2, -0.15) is 9.67 Å². The van der Waals surface area contributed by atoms with Gasteiger partial charge in [0, 0.05) is 0 Å². The third kappa shape index (κ3) is 4.02. The zero-order valence-corrected chi connectivity index (χ0v) is 23.2. The highest BCUT2D eigenvalue weighted by molar-refractivity contribution is 8.44. The molecule has 4 aromatic rings. The fraction of sp³-hybridized carbons (Fsp3) is 0.556. The molecule has 3 fully saturated rings. The van der Waals surface area contributed by atoms with Crippen LogP contribution in [0.2, 0.25) is 0 Å². The Hall–Kier alpha value is -3.05. The van der Waals surface area contributed by atoms with E-state index in [1.165, 1.54) is 0 Å². The van der Waals surface area contributed by atoms with Gasteiger partial charge in [0.2, 0.25) is 5.95 Å². The lowest BCUT2D eigenvalue weighted by molar-refractivity contribution is -0.0647. The van der Waals surface area contributed by atoms with Gasteiger partial charge in [-0.15, -0.1) is 22.0 Å². The number of hydrogen-bond acceptors (Lipinski definition) is 17. The van der Waals surface area contributed by atoms with Crippen molar-refractivity contribution in [2.75, 3.05) is 18.1 Å². The minimum absolute atomic E-state index is 0.000762. The number of aromatic nitrogens is 10. The second-order valence-corrected chi connectivity index (χ2v) is 13.8. The topological polar surface area (TPSA) is 270 Å². The normalized spacial score (nSPS) is 35.5. The Morgan fingerprint density at radius 2 is 1.93 bits per heavy atom. The number of thiol groups is 1. The van der Waals surface area contributed by atoms with Crippen LogP contribution >= 0.6 is 30.8 Å². The van der Waals surface area contributed by atoms with Crippen molar-refractivity contribution >= 4 is 64.9 Å². The second-order valence-electron chi connectivity index (χ2n) is 9.62. The molecule has 1 aliphatic carbocycles. The van der Waals surface area contributed by atoms with Crippen LogP contribution in [0.5, 0.6) is 0 Å². The van der Waals surface area contributed by atoms with Crippen molar-refractivity contribution in [1.29, 1.82) is 0 Å². The number of anilines is 2. The van der Waals surface area contributed by atoms with Gasteiger partial charge in [0.05, 0.1) is 11.9 Å². The molecule has 7 N–H and O–H groups in total. The molecule has 2 saturated heterocycles. The molecular formula is C18H19F2N12O7PS2. The minimum atomic E-state index is -4.57. The summed E-state index contributed by atoms with van der Waals surface area (Å²) in [5.41, 5.74) is 8.17. The maximum atomic E-state index is 15.5. The predicted octanol–water partition coefficient (Wildman–Crippen LogP) is -1.35. The minimum Gasteiger partial charge on any atom is -0.395 e. The average Bonchev–Trinajstić information content (AvgIpc) is 3.45. The molecule has 0 bridgehead atoms. The molecule has 10 atom stereocenters. The Bertz CT molecular complexity index is 1830. The molecule has 3 aliphatic rings. The molecule has 224 valence electrons. The summed E-state index contributed by atoms with van der Waals surface area (Å²) in [5, 5.41) is 33.6. The van der Waals surface area contributed by atoms with Gasteiger partial charge in [-0.05, 0) is 0 Å². The number of aliphatic hydroxyl groups is 2. The van der Waals surface area contributed by atoms with Crippen LogP contribution in [-0.2, 0) is 18.3 Å². The van der Waals surface area contributed by atoms with E-state index in [4.69, 9.17) is 25.3 Å². The van der Waals surface area contributed by atoms with Gasteiger partial charge in [0.15, 0.2) is 46.1 Å². The molecule has 42 heavy (non-hydrogen) atoms. The zero-order valence-electron chi connectivity index (χ0n) is 20.6. The first-order valence-electron chi connectivity index (χ1n) is 12.0. The zero-order chi connectivity index (χ0) is 29.7. The number of aliphatic hydroxyl groups excluding tert-OH is 1. The van der Waals surface area contributed by atoms with Crippen LogP contribution in [0.1, 0.15) is 11.6 Å². The van der Waals surface area contributed by atoms with Gasteiger partial charge in [-0.3, -0.25) is 18.8 Å². The summed E-state index contributed by atoms with van der Waals surface area (Å²) in [6.07, 6.45) is -8.98. The maximum Gasteiger partial charge on any atom is 0.387 e. The molecule has 1 saturated carbocycles. The number of H-pyrrole nitrogens is 1. The number of nitrogen functional groups attached to an aromatic ring is 2. The first-order chi connectivity index (χ1) is 19.9. The predicted molar refractivity (Wildman–Crippen MR) is 140 cm³/mol. The lowest BCUT2D eigenvalue weighted by Crippen LogP contribution is -2.35. The van der Waals surface area contributed by atoms with Gasteiger partial charge in [-0.25, -0.2) is 28.0 Å². The number of ether oxygens (including phenoxy) is 1. The molecule has 0 aromatic carbocycles. The Morgan fingerprint density at radius 1 is 1.19 bits per heavy atom. The van der Waals surface area contributed by atoms with Gasteiger partial charge in [0.1, 0.15) is 36.2 Å². The third-order valence-electron chi connectivity index (χ3n) is 7.13. The lowest BCUT2D eigenvalue weighted by atomic mass is 10.1. The van der Waals surface area contributed by atoms with Crippen LogP contribution in [0.3, 0.4) is 0 Å². The first kappa shape index (κ1) is 27.8. The fourth-order valence-corrected chi connectivity index (χ4v) is 8.29. The number of hydrogen-bond donors (Lipinski definition) is 6. The van der Waals surface area contributed by atoms with Crippen LogP contribution in [0.15, 0.2) is 11.1 Å². The first-order valence-corrected chi connectivity index (χ1v) is 15.6. The average molecular weight is 649 g/mol. The number of nitrogens with one attached hydrogen (secondary N) is 1. The summed E-state index contributed by atoms with van der Waals surface area (Å²) in [7, 11) is 0. The highest BCUT2D eigenvalue weighted by atomic mass is 32.7. The monoisotopic (exact) mass is 648 g/mol. The van der Waals surface area contributed by atoms with E-state index in [0.29, 0.717) is 0 Å². The van der Waals surface area contributed by atoms with Crippen LogP contribution in [-0.4, -0.2) is 108 Å². The van der Waals surface area contributed by atoms with Crippen molar-refractivity contribution in [2.24, 2.45) is 0 Å². The number of rotatable bonds is 7. The van der Waals surface area contributed by atoms with Crippen LogP contribution in [0.25, 0.3) is 22.3 Å². The van der Waals surface area contributed by atoms with Crippen molar-refractivity contribution in [3.63, 3.8) is 0 Å². The largest absolute Gasteiger partial charge is 0.395 e. The molecular weight excluding hydrogens is 629 g/mol. The van der Waals surface area contributed by atoms with Gasteiger partial charge in [-0.1, -0.05) is 22.7 Å². The number of halogens is 2. The van der Waals surface area contributed by atoms with Crippen molar-refractivity contribution in [1.82, 2.24) is 49.9 Å². The van der Waals surface area contributed by atoms with Gasteiger partial charge >= 0.3 is 6.80 Å². The number of nitrogens with zero attached hydrogens (tertiary/aromatic N) is 9. The van der Waals surface area contributed by atoms with Crippen molar-refractivity contribution < 1.29 is 37.3 Å².